The van der Waals surface area contributed by atoms with Crippen molar-refractivity contribution in [1.82, 2.24) is 5.32 Å². The quantitative estimate of drug-likeness (QED) is 0.838. The normalized spacial score (nSPS) is 9.45. The molecule has 0 spiro atoms. The molecule has 0 aliphatic carbocycles. The Morgan fingerprint density at radius 3 is 2.32 bits per heavy atom. The Balaban J connectivity index is 1.81. The highest BCUT2D eigenvalue weighted by Gasteiger charge is 2.00. The molecule has 2 aromatic carbocycles. The van der Waals surface area contributed by atoms with Crippen molar-refractivity contribution >= 4 is 11.8 Å². The number of primary amides is 1. The second-order valence-electron chi connectivity index (χ2n) is 4.68. The minimum Gasteiger partial charge on any atom is -0.366 e. The van der Waals surface area contributed by atoms with Crippen molar-refractivity contribution in [2.24, 2.45) is 5.73 Å². The average Bonchev–Trinajstić information content (AvgIpc) is 2.53. The third-order valence-electron chi connectivity index (χ3n) is 2.98. The molecule has 0 aliphatic heterocycles. The standard InChI is InChI=1S/C18H16N2O2/c19-18(22)16-10-8-14(9-11-16)7-4-12-20-17(21)13-15-5-2-1-3-6-15/h1-3,5-6,8-11H,12-13H2,(H2,19,22)(H,20,21). The van der Waals surface area contributed by atoms with Gasteiger partial charge in [-0.3, -0.25) is 9.59 Å². The largest absolute Gasteiger partial charge is 0.366 e. The molecule has 2 aromatic rings. The molecule has 0 atom stereocenters. The number of nitrogens with two attached hydrogens (primary N) is 1. The summed E-state index contributed by atoms with van der Waals surface area (Å²) in [4.78, 5) is 22.6. The highest BCUT2D eigenvalue weighted by atomic mass is 16.1. The summed E-state index contributed by atoms with van der Waals surface area (Å²) in [6.07, 6.45) is 0.343. The number of amides is 2. The zero-order valence-electron chi connectivity index (χ0n) is 12.0. The SMILES string of the molecule is NC(=O)c1ccc(C#CCNC(=O)Cc2ccccc2)cc1. The Hall–Kier alpha value is -3.06. The van der Waals surface area contributed by atoms with Gasteiger partial charge in [0.15, 0.2) is 0 Å². The minimum absolute atomic E-state index is 0.0652. The van der Waals surface area contributed by atoms with Gasteiger partial charge in [0.2, 0.25) is 11.8 Å². The van der Waals surface area contributed by atoms with Crippen LogP contribution in [0.3, 0.4) is 0 Å². The number of nitrogens with one attached hydrogen (secondary N) is 1. The molecule has 0 heterocycles. The summed E-state index contributed by atoms with van der Waals surface area (Å²) >= 11 is 0. The van der Waals surface area contributed by atoms with Crippen molar-refractivity contribution in [3.63, 3.8) is 0 Å². The van der Waals surface area contributed by atoms with Gasteiger partial charge in [-0.05, 0) is 29.8 Å². The average molecular weight is 292 g/mol. The summed E-state index contributed by atoms with van der Waals surface area (Å²) in [7, 11) is 0. The van der Waals surface area contributed by atoms with Crippen LogP contribution in [-0.2, 0) is 11.2 Å². The highest BCUT2D eigenvalue weighted by molar-refractivity contribution is 5.92. The monoisotopic (exact) mass is 292 g/mol. The van der Waals surface area contributed by atoms with Crippen LogP contribution >= 0.6 is 0 Å². The molecule has 4 heteroatoms. The van der Waals surface area contributed by atoms with E-state index >= 15 is 0 Å². The van der Waals surface area contributed by atoms with E-state index in [9.17, 15) is 9.59 Å². The molecule has 4 nitrogen and oxygen atoms in total. The molecule has 110 valence electrons. The van der Waals surface area contributed by atoms with Gasteiger partial charge in [-0.15, -0.1) is 0 Å². The first-order chi connectivity index (χ1) is 10.6. The fourth-order valence-electron chi connectivity index (χ4n) is 1.85. The van der Waals surface area contributed by atoms with Gasteiger partial charge in [-0.2, -0.15) is 0 Å². The number of hydrogen-bond donors (Lipinski definition) is 2. The van der Waals surface area contributed by atoms with Crippen LogP contribution < -0.4 is 11.1 Å². The lowest BCUT2D eigenvalue weighted by molar-refractivity contribution is -0.120. The number of benzene rings is 2. The predicted octanol–water partition coefficient (Wildman–Crippen LogP) is 1.50. The van der Waals surface area contributed by atoms with Gasteiger partial charge < -0.3 is 11.1 Å². The van der Waals surface area contributed by atoms with Gasteiger partial charge >= 0.3 is 0 Å². The van der Waals surface area contributed by atoms with Crippen LogP contribution in [0.15, 0.2) is 54.6 Å². The third kappa shape index (κ3) is 4.80. The van der Waals surface area contributed by atoms with E-state index in [4.69, 9.17) is 5.73 Å². The fourth-order valence-corrected chi connectivity index (χ4v) is 1.85. The predicted molar refractivity (Wildman–Crippen MR) is 85.0 cm³/mol. The second-order valence-corrected chi connectivity index (χ2v) is 4.68. The lowest BCUT2D eigenvalue weighted by atomic mass is 10.1. The summed E-state index contributed by atoms with van der Waals surface area (Å²) in [5.41, 5.74) is 7.34. The molecule has 22 heavy (non-hydrogen) atoms. The van der Waals surface area contributed by atoms with Gasteiger partial charge in [0.1, 0.15) is 0 Å². The minimum atomic E-state index is -0.465. The molecule has 0 bridgehead atoms. The molecule has 0 aliphatic rings. The molecule has 0 radical (unpaired) electrons. The summed E-state index contributed by atoms with van der Waals surface area (Å²) in [5, 5.41) is 2.74. The molecule has 0 fully saturated rings. The fraction of sp³-hybridized carbons (Fsp3) is 0.111. The van der Waals surface area contributed by atoms with Crippen LogP contribution in [0.25, 0.3) is 0 Å². The van der Waals surface area contributed by atoms with Crippen LogP contribution in [0, 0.1) is 11.8 Å². The Labute approximate surface area is 129 Å². The summed E-state index contributed by atoms with van der Waals surface area (Å²) in [6.45, 7) is 0.281. The van der Waals surface area contributed by atoms with E-state index in [1.807, 2.05) is 30.3 Å². The van der Waals surface area contributed by atoms with Crippen LogP contribution in [0.1, 0.15) is 21.5 Å². The van der Waals surface area contributed by atoms with Gasteiger partial charge in [-0.25, -0.2) is 0 Å². The molecular weight excluding hydrogens is 276 g/mol. The molecule has 0 saturated carbocycles. The lowest BCUT2D eigenvalue weighted by Gasteiger charge is -2.01. The number of carbonyl (C=O) groups excluding carboxylic acids is 2. The zero-order valence-corrected chi connectivity index (χ0v) is 12.0. The van der Waals surface area contributed by atoms with Crippen molar-refractivity contribution in [2.75, 3.05) is 6.54 Å². The van der Waals surface area contributed by atoms with Crippen LogP contribution in [0.5, 0.6) is 0 Å². The maximum atomic E-state index is 11.7. The summed E-state index contributed by atoms with van der Waals surface area (Å²) in [6, 6.07) is 16.2. The van der Waals surface area contributed by atoms with Gasteiger partial charge in [0.25, 0.3) is 0 Å². The van der Waals surface area contributed by atoms with E-state index in [2.05, 4.69) is 17.2 Å². The molecule has 3 N–H and O–H groups in total. The third-order valence-corrected chi connectivity index (χ3v) is 2.98. The van der Waals surface area contributed by atoms with E-state index in [1.54, 1.807) is 24.3 Å². The molecule has 2 rings (SSSR count). The lowest BCUT2D eigenvalue weighted by Crippen LogP contribution is -2.25. The van der Waals surface area contributed by atoms with E-state index in [0.717, 1.165) is 11.1 Å². The van der Waals surface area contributed by atoms with Gasteiger partial charge in [0, 0.05) is 11.1 Å². The zero-order chi connectivity index (χ0) is 15.8. The maximum absolute atomic E-state index is 11.7. The summed E-state index contributed by atoms with van der Waals surface area (Å²) in [5.74, 6) is 5.25. The molecule has 0 saturated heterocycles. The first-order valence-corrected chi connectivity index (χ1v) is 6.84. The highest BCUT2D eigenvalue weighted by Crippen LogP contribution is 2.02. The molecule has 2 amide bonds. The number of hydrogen-bond acceptors (Lipinski definition) is 2. The van der Waals surface area contributed by atoms with E-state index in [-0.39, 0.29) is 12.5 Å². The number of rotatable bonds is 4. The van der Waals surface area contributed by atoms with Crippen molar-refractivity contribution in [2.45, 2.75) is 6.42 Å². The first kappa shape index (κ1) is 15.3. The number of carbonyl (C=O) groups is 2. The van der Waals surface area contributed by atoms with Crippen molar-refractivity contribution in [1.29, 1.82) is 0 Å². The Kier molecular flexibility index (Phi) is 5.33. The van der Waals surface area contributed by atoms with Crippen LogP contribution in [-0.4, -0.2) is 18.4 Å². The molecule has 0 aromatic heterocycles. The van der Waals surface area contributed by atoms with Gasteiger partial charge in [-0.1, -0.05) is 42.2 Å². The summed E-state index contributed by atoms with van der Waals surface area (Å²) < 4.78 is 0. The van der Waals surface area contributed by atoms with Crippen LogP contribution in [0.2, 0.25) is 0 Å². The Bertz CT molecular complexity index is 710. The van der Waals surface area contributed by atoms with E-state index in [0.29, 0.717) is 12.0 Å². The van der Waals surface area contributed by atoms with Crippen molar-refractivity contribution in [3.8, 4) is 11.8 Å². The topological polar surface area (TPSA) is 72.2 Å². The molecular formula is C18H16N2O2. The maximum Gasteiger partial charge on any atom is 0.248 e. The smallest absolute Gasteiger partial charge is 0.248 e. The van der Waals surface area contributed by atoms with E-state index in [1.165, 1.54) is 0 Å². The Morgan fingerprint density at radius 1 is 1.00 bits per heavy atom. The van der Waals surface area contributed by atoms with Gasteiger partial charge in [0.05, 0.1) is 13.0 Å². The Morgan fingerprint density at radius 2 is 1.68 bits per heavy atom. The van der Waals surface area contributed by atoms with Crippen LogP contribution in [0.4, 0.5) is 0 Å². The van der Waals surface area contributed by atoms with Crippen molar-refractivity contribution < 1.29 is 9.59 Å². The van der Waals surface area contributed by atoms with Crippen molar-refractivity contribution in [3.05, 3.63) is 71.3 Å². The first-order valence-electron chi connectivity index (χ1n) is 6.84. The van der Waals surface area contributed by atoms with E-state index < -0.39 is 5.91 Å². The second kappa shape index (κ2) is 7.65. The molecule has 0 unspecified atom stereocenters.